The first-order valence-corrected chi connectivity index (χ1v) is 14.5. The van der Waals surface area contributed by atoms with Crippen molar-refractivity contribution < 1.29 is 27.8 Å². The number of alkyl halides is 2. The molecule has 1 amide bonds. The number of carbonyl (C=O) groups is 2. The Morgan fingerprint density at radius 3 is 2.55 bits per heavy atom. The van der Waals surface area contributed by atoms with Crippen molar-refractivity contribution in [3.05, 3.63) is 82.0 Å². The summed E-state index contributed by atoms with van der Waals surface area (Å²) >= 11 is 13.8. The number of aldehydes is 1. The molecule has 2 aliphatic rings. The highest BCUT2D eigenvalue weighted by Crippen LogP contribution is 2.43. The van der Waals surface area contributed by atoms with E-state index < -0.39 is 6.61 Å². The Hall–Kier alpha value is -4.12. The molecule has 6 rings (SSSR count). The van der Waals surface area contributed by atoms with Gasteiger partial charge in [0.2, 0.25) is 11.8 Å². The highest BCUT2D eigenvalue weighted by Gasteiger charge is 2.47. The first-order valence-electron chi connectivity index (χ1n) is 13.7. The second kappa shape index (κ2) is 12.1. The predicted octanol–water partition coefficient (Wildman–Crippen LogP) is 6.53. The smallest absolute Gasteiger partial charge is 0.387 e. The SMILES string of the molecule is COc1nc(-c2cccc(-c3ccnc(-c4ccc(C=O)c(OC(F)F)c4)c3Cl)c2Cl)ccc1CN1CC2(CNC(=O)C2)C1. The van der Waals surface area contributed by atoms with Crippen LogP contribution in [-0.4, -0.2) is 60.4 Å². The number of rotatable bonds is 9. The topological polar surface area (TPSA) is 93.7 Å². The molecule has 0 aliphatic carbocycles. The largest absolute Gasteiger partial charge is 0.481 e. The van der Waals surface area contributed by atoms with Crippen LogP contribution >= 0.6 is 23.2 Å². The number of aromatic nitrogens is 2. The van der Waals surface area contributed by atoms with E-state index in [0.717, 1.165) is 25.2 Å². The minimum Gasteiger partial charge on any atom is -0.481 e. The summed E-state index contributed by atoms with van der Waals surface area (Å²) in [5, 5.41) is 3.56. The number of amides is 1. The number of nitrogens with zero attached hydrogens (tertiary/aromatic N) is 3. The van der Waals surface area contributed by atoms with Gasteiger partial charge in [0.05, 0.1) is 34.1 Å². The highest BCUT2D eigenvalue weighted by atomic mass is 35.5. The summed E-state index contributed by atoms with van der Waals surface area (Å²) in [4.78, 5) is 34.4. The van der Waals surface area contributed by atoms with E-state index in [0.29, 0.717) is 63.8 Å². The van der Waals surface area contributed by atoms with Crippen molar-refractivity contribution in [3.63, 3.8) is 0 Å². The Kier molecular flexibility index (Phi) is 8.24. The van der Waals surface area contributed by atoms with E-state index in [1.54, 1.807) is 19.2 Å². The molecule has 2 aromatic carbocycles. The third kappa shape index (κ3) is 5.72. The summed E-state index contributed by atoms with van der Waals surface area (Å²) in [5.74, 6) is 0.312. The monoisotopic (exact) mass is 638 g/mol. The van der Waals surface area contributed by atoms with Gasteiger partial charge in [-0.3, -0.25) is 19.5 Å². The fourth-order valence-electron chi connectivity index (χ4n) is 5.91. The van der Waals surface area contributed by atoms with Crippen LogP contribution in [0.25, 0.3) is 33.6 Å². The maximum atomic E-state index is 12.9. The van der Waals surface area contributed by atoms with Crippen LogP contribution in [0.5, 0.6) is 11.6 Å². The Labute approximate surface area is 261 Å². The highest BCUT2D eigenvalue weighted by molar-refractivity contribution is 6.39. The molecule has 0 radical (unpaired) electrons. The molecule has 8 nitrogen and oxygen atoms in total. The summed E-state index contributed by atoms with van der Waals surface area (Å²) in [7, 11) is 1.57. The first kappa shape index (κ1) is 29.9. The van der Waals surface area contributed by atoms with Crippen LogP contribution in [-0.2, 0) is 11.3 Å². The van der Waals surface area contributed by atoms with Gasteiger partial charge in [-0.25, -0.2) is 4.98 Å². The molecule has 1 spiro atoms. The zero-order valence-corrected chi connectivity index (χ0v) is 25.0. The van der Waals surface area contributed by atoms with Gasteiger partial charge in [-0.15, -0.1) is 0 Å². The minimum atomic E-state index is -3.11. The summed E-state index contributed by atoms with van der Waals surface area (Å²) < 4.78 is 36.1. The van der Waals surface area contributed by atoms with Crippen LogP contribution in [0.15, 0.2) is 60.8 Å². The van der Waals surface area contributed by atoms with E-state index in [9.17, 15) is 18.4 Å². The molecular weight excluding hydrogens is 613 g/mol. The van der Waals surface area contributed by atoms with Crippen molar-refractivity contribution in [3.8, 4) is 45.3 Å². The summed E-state index contributed by atoms with van der Waals surface area (Å²) in [6.45, 7) is -0.0735. The van der Waals surface area contributed by atoms with Gasteiger partial charge < -0.3 is 14.8 Å². The fraction of sp³-hybridized carbons (Fsp3) is 0.250. The number of ether oxygens (including phenoxy) is 2. The maximum absolute atomic E-state index is 12.9. The van der Waals surface area contributed by atoms with Gasteiger partial charge in [-0.1, -0.05) is 53.5 Å². The molecule has 12 heteroatoms. The summed E-state index contributed by atoms with van der Waals surface area (Å²) in [5.41, 5.74) is 4.05. The number of methoxy groups -OCH3 is 1. The average molecular weight is 639 g/mol. The van der Waals surface area contributed by atoms with Gasteiger partial charge >= 0.3 is 6.61 Å². The molecule has 4 heterocycles. The fourth-order valence-corrected chi connectivity index (χ4v) is 6.56. The zero-order chi connectivity index (χ0) is 31.0. The molecule has 2 saturated heterocycles. The molecule has 0 saturated carbocycles. The number of hydrogen-bond acceptors (Lipinski definition) is 7. The summed E-state index contributed by atoms with van der Waals surface area (Å²) in [6, 6.07) is 15.3. The Morgan fingerprint density at radius 2 is 1.84 bits per heavy atom. The molecule has 44 heavy (non-hydrogen) atoms. The second-order valence-corrected chi connectivity index (χ2v) is 11.7. The van der Waals surface area contributed by atoms with Crippen LogP contribution in [0.4, 0.5) is 8.78 Å². The van der Waals surface area contributed by atoms with Crippen molar-refractivity contribution in [1.82, 2.24) is 20.2 Å². The van der Waals surface area contributed by atoms with E-state index >= 15 is 0 Å². The Balaban J connectivity index is 1.29. The lowest BCUT2D eigenvalue weighted by atomic mass is 9.79. The standard InChI is InChI=1S/C32H26Cl2F2N4O4/c1-43-30-19(13-40-16-32(17-40)12-26(42)38-15-32)7-8-24(39-30)23-4-2-3-21(27(23)33)22-9-10-37-29(28(22)34)18-5-6-20(14-41)25(11-18)44-31(35)36/h2-11,14,31H,12-13,15-17H2,1H3,(H,38,42). The number of pyridine rings is 2. The normalized spacial score (nSPS) is 15.7. The van der Waals surface area contributed by atoms with Crippen molar-refractivity contribution in [2.24, 2.45) is 5.41 Å². The van der Waals surface area contributed by atoms with Crippen molar-refractivity contribution in [2.75, 3.05) is 26.7 Å². The van der Waals surface area contributed by atoms with E-state index in [2.05, 4.69) is 19.9 Å². The molecule has 0 atom stereocenters. The van der Waals surface area contributed by atoms with Crippen molar-refractivity contribution in [1.29, 1.82) is 0 Å². The van der Waals surface area contributed by atoms with Gasteiger partial charge in [0.15, 0.2) is 6.29 Å². The summed E-state index contributed by atoms with van der Waals surface area (Å²) in [6.07, 6.45) is 2.54. The van der Waals surface area contributed by atoms with E-state index in [1.165, 1.54) is 18.3 Å². The van der Waals surface area contributed by atoms with Crippen LogP contribution in [0, 0.1) is 5.41 Å². The first-order chi connectivity index (χ1) is 21.2. The molecule has 0 bridgehead atoms. The number of halogens is 4. The van der Waals surface area contributed by atoms with Gasteiger partial charge in [0.1, 0.15) is 5.75 Å². The van der Waals surface area contributed by atoms with Crippen LogP contribution in [0.2, 0.25) is 10.0 Å². The minimum absolute atomic E-state index is 0.0255. The number of nitrogens with one attached hydrogen (secondary N) is 1. The third-order valence-electron chi connectivity index (χ3n) is 7.92. The van der Waals surface area contributed by atoms with Gasteiger partial charge in [-0.2, -0.15) is 8.78 Å². The van der Waals surface area contributed by atoms with Crippen molar-refractivity contribution in [2.45, 2.75) is 19.6 Å². The predicted molar refractivity (Wildman–Crippen MR) is 162 cm³/mol. The average Bonchev–Trinajstić information content (AvgIpc) is 3.39. The second-order valence-electron chi connectivity index (χ2n) is 10.9. The molecule has 2 aromatic heterocycles. The zero-order valence-electron chi connectivity index (χ0n) is 23.5. The van der Waals surface area contributed by atoms with Gasteiger partial charge in [0, 0.05) is 72.0 Å². The number of carbonyl (C=O) groups excluding carboxylic acids is 2. The van der Waals surface area contributed by atoms with Crippen LogP contribution < -0.4 is 14.8 Å². The lowest BCUT2D eigenvalue weighted by molar-refractivity contribution is -0.120. The van der Waals surface area contributed by atoms with Crippen LogP contribution in [0.1, 0.15) is 22.3 Å². The van der Waals surface area contributed by atoms with E-state index in [1.807, 2.05) is 30.3 Å². The molecule has 4 aromatic rings. The molecule has 1 N–H and O–H groups in total. The molecular formula is C32H26Cl2F2N4O4. The molecule has 226 valence electrons. The quantitative estimate of drug-likeness (QED) is 0.208. The van der Waals surface area contributed by atoms with Crippen LogP contribution in [0.3, 0.4) is 0 Å². The van der Waals surface area contributed by atoms with E-state index in [4.69, 9.17) is 32.9 Å². The third-order valence-corrected chi connectivity index (χ3v) is 8.71. The lowest BCUT2D eigenvalue weighted by Gasteiger charge is -2.47. The lowest BCUT2D eigenvalue weighted by Crippen LogP contribution is -2.56. The van der Waals surface area contributed by atoms with Gasteiger partial charge in [-0.05, 0) is 24.3 Å². The molecule has 2 aliphatic heterocycles. The number of benzene rings is 2. The maximum Gasteiger partial charge on any atom is 0.387 e. The molecule has 2 fully saturated rings. The molecule has 0 unspecified atom stereocenters. The number of hydrogen-bond donors (Lipinski definition) is 1. The van der Waals surface area contributed by atoms with E-state index in [-0.39, 0.29) is 27.7 Å². The number of likely N-dealkylation sites (tertiary alicyclic amines) is 1. The van der Waals surface area contributed by atoms with Crippen molar-refractivity contribution >= 4 is 35.4 Å². The van der Waals surface area contributed by atoms with Gasteiger partial charge in [0.25, 0.3) is 0 Å². The Morgan fingerprint density at radius 1 is 1.07 bits per heavy atom. The Bertz CT molecular complexity index is 1760.